The molecule has 0 saturated carbocycles. The number of benzene rings is 1. The van der Waals surface area contributed by atoms with E-state index in [1.807, 2.05) is 20.8 Å². The van der Waals surface area contributed by atoms with Crippen molar-refractivity contribution in [3.05, 3.63) is 30.1 Å². The lowest BCUT2D eigenvalue weighted by molar-refractivity contribution is -0.154. The molecular formula is C18H25FN2O5S. The fourth-order valence-corrected chi connectivity index (χ4v) is 4.27. The Balaban J connectivity index is 1.86. The van der Waals surface area contributed by atoms with E-state index in [9.17, 15) is 22.4 Å². The standard InChI is InChI=1S/C18H25FN2O5S/c1-18(2,3)20-16(22)12-26-17(23)13-8-10-21(11-9-13)27(24,25)15-6-4-14(19)5-7-15/h4-7,13H,8-12H2,1-3H3,(H,20,22). The summed E-state index contributed by atoms with van der Waals surface area (Å²) in [7, 11) is -3.72. The van der Waals surface area contributed by atoms with Gasteiger partial charge >= 0.3 is 5.97 Å². The number of carbonyl (C=O) groups is 2. The van der Waals surface area contributed by atoms with Crippen LogP contribution < -0.4 is 5.32 Å². The van der Waals surface area contributed by atoms with Crippen molar-refractivity contribution in [3.63, 3.8) is 0 Å². The number of hydrogen-bond donors (Lipinski definition) is 1. The van der Waals surface area contributed by atoms with Crippen LogP contribution in [0, 0.1) is 11.7 Å². The summed E-state index contributed by atoms with van der Waals surface area (Å²) < 4.78 is 44.4. The molecule has 1 N–H and O–H groups in total. The average molecular weight is 400 g/mol. The molecular weight excluding hydrogens is 375 g/mol. The summed E-state index contributed by atoms with van der Waals surface area (Å²) in [6.07, 6.45) is 0.611. The zero-order chi connectivity index (χ0) is 20.2. The van der Waals surface area contributed by atoms with E-state index in [0.717, 1.165) is 12.1 Å². The number of piperidine rings is 1. The van der Waals surface area contributed by atoms with Crippen molar-refractivity contribution in [2.75, 3.05) is 19.7 Å². The summed E-state index contributed by atoms with van der Waals surface area (Å²) in [5.41, 5.74) is -0.413. The molecule has 1 amide bonds. The van der Waals surface area contributed by atoms with Gasteiger partial charge in [0.2, 0.25) is 10.0 Å². The van der Waals surface area contributed by atoms with Crippen LogP contribution in [0.25, 0.3) is 0 Å². The Kier molecular flexibility index (Phi) is 6.59. The van der Waals surface area contributed by atoms with Crippen LogP contribution in [-0.4, -0.2) is 49.8 Å². The molecule has 0 aliphatic carbocycles. The predicted molar refractivity (Wildman–Crippen MR) is 96.7 cm³/mol. The number of carbonyl (C=O) groups excluding carboxylic acids is 2. The van der Waals surface area contributed by atoms with Crippen LogP contribution >= 0.6 is 0 Å². The molecule has 27 heavy (non-hydrogen) atoms. The molecule has 0 spiro atoms. The highest BCUT2D eigenvalue weighted by Gasteiger charge is 2.33. The van der Waals surface area contributed by atoms with Gasteiger partial charge in [0.05, 0.1) is 10.8 Å². The predicted octanol–water partition coefficient (Wildman–Crippen LogP) is 1.68. The second kappa shape index (κ2) is 8.35. The van der Waals surface area contributed by atoms with Crippen molar-refractivity contribution in [2.24, 2.45) is 5.92 Å². The fourth-order valence-electron chi connectivity index (χ4n) is 2.80. The van der Waals surface area contributed by atoms with Crippen LogP contribution in [-0.2, 0) is 24.3 Å². The summed E-state index contributed by atoms with van der Waals surface area (Å²) in [4.78, 5) is 23.8. The van der Waals surface area contributed by atoms with Crippen molar-refractivity contribution in [3.8, 4) is 0 Å². The Bertz CT molecular complexity index is 779. The summed E-state index contributed by atoms with van der Waals surface area (Å²) in [6, 6.07) is 4.64. The van der Waals surface area contributed by atoms with Crippen LogP contribution in [0.2, 0.25) is 0 Å². The van der Waals surface area contributed by atoms with E-state index in [-0.39, 0.29) is 30.5 Å². The minimum Gasteiger partial charge on any atom is -0.455 e. The number of amides is 1. The van der Waals surface area contributed by atoms with E-state index in [1.165, 1.54) is 16.4 Å². The van der Waals surface area contributed by atoms with Crippen molar-refractivity contribution in [2.45, 2.75) is 44.0 Å². The van der Waals surface area contributed by atoms with E-state index in [2.05, 4.69) is 5.32 Å². The zero-order valence-electron chi connectivity index (χ0n) is 15.7. The summed E-state index contributed by atoms with van der Waals surface area (Å²) in [6.45, 7) is 5.43. The molecule has 1 heterocycles. The third-order valence-electron chi connectivity index (χ3n) is 4.10. The number of hydrogen-bond acceptors (Lipinski definition) is 5. The molecule has 1 saturated heterocycles. The highest BCUT2D eigenvalue weighted by atomic mass is 32.2. The molecule has 1 aliphatic heterocycles. The monoisotopic (exact) mass is 400 g/mol. The minimum absolute atomic E-state index is 0.0174. The van der Waals surface area contributed by atoms with Crippen molar-refractivity contribution >= 4 is 21.9 Å². The first-order valence-corrected chi connectivity index (χ1v) is 10.2. The Morgan fingerprint density at radius 2 is 1.74 bits per heavy atom. The number of rotatable bonds is 5. The van der Waals surface area contributed by atoms with Crippen LogP contribution in [0.5, 0.6) is 0 Å². The summed E-state index contributed by atoms with van der Waals surface area (Å²) in [5, 5.41) is 2.70. The van der Waals surface area contributed by atoms with Crippen molar-refractivity contribution < 1.29 is 27.1 Å². The third-order valence-corrected chi connectivity index (χ3v) is 6.01. The Labute approximate surface area is 158 Å². The van der Waals surface area contributed by atoms with E-state index in [0.29, 0.717) is 12.8 Å². The molecule has 0 aromatic heterocycles. The molecule has 0 bridgehead atoms. The topological polar surface area (TPSA) is 92.8 Å². The first-order valence-electron chi connectivity index (χ1n) is 8.72. The molecule has 9 heteroatoms. The first kappa shape index (κ1) is 21.3. The molecule has 1 fully saturated rings. The number of nitrogens with one attached hydrogen (secondary N) is 1. The maximum Gasteiger partial charge on any atom is 0.309 e. The fraction of sp³-hybridized carbons (Fsp3) is 0.556. The SMILES string of the molecule is CC(C)(C)NC(=O)COC(=O)C1CCN(S(=O)(=O)c2ccc(F)cc2)CC1. The van der Waals surface area contributed by atoms with Gasteiger partial charge in [-0.1, -0.05) is 0 Å². The molecule has 1 aliphatic rings. The summed E-state index contributed by atoms with van der Waals surface area (Å²) in [5.74, 6) is -1.84. The van der Waals surface area contributed by atoms with Crippen molar-refractivity contribution in [1.82, 2.24) is 9.62 Å². The van der Waals surface area contributed by atoms with E-state index >= 15 is 0 Å². The van der Waals surface area contributed by atoms with Crippen LogP contribution in [0.1, 0.15) is 33.6 Å². The van der Waals surface area contributed by atoms with Gasteiger partial charge in [-0.2, -0.15) is 4.31 Å². The minimum atomic E-state index is -3.72. The van der Waals surface area contributed by atoms with Gasteiger partial charge in [0.15, 0.2) is 6.61 Å². The Morgan fingerprint density at radius 3 is 2.26 bits per heavy atom. The van der Waals surface area contributed by atoms with Gasteiger partial charge in [0.25, 0.3) is 5.91 Å². The van der Waals surface area contributed by atoms with Gasteiger partial charge in [-0.3, -0.25) is 9.59 Å². The van der Waals surface area contributed by atoms with Crippen LogP contribution in [0.3, 0.4) is 0 Å². The largest absolute Gasteiger partial charge is 0.455 e. The highest BCUT2D eigenvalue weighted by Crippen LogP contribution is 2.24. The lowest BCUT2D eigenvalue weighted by Crippen LogP contribution is -2.44. The van der Waals surface area contributed by atoms with Crippen LogP contribution in [0.4, 0.5) is 4.39 Å². The molecule has 1 aromatic carbocycles. The van der Waals surface area contributed by atoms with E-state index < -0.39 is 33.3 Å². The number of sulfonamides is 1. The molecule has 150 valence electrons. The molecule has 7 nitrogen and oxygen atoms in total. The van der Waals surface area contributed by atoms with Gasteiger partial charge in [-0.15, -0.1) is 0 Å². The zero-order valence-corrected chi connectivity index (χ0v) is 16.5. The number of halogens is 1. The highest BCUT2D eigenvalue weighted by molar-refractivity contribution is 7.89. The van der Waals surface area contributed by atoms with E-state index in [4.69, 9.17) is 4.74 Å². The van der Waals surface area contributed by atoms with Gasteiger partial charge in [-0.25, -0.2) is 12.8 Å². The van der Waals surface area contributed by atoms with Crippen molar-refractivity contribution in [1.29, 1.82) is 0 Å². The summed E-state index contributed by atoms with van der Waals surface area (Å²) >= 11 is 0. The molecule has 0 unspecified atom stereocenters. The van der Waals surface area contributed by atoms with E-state index in [1.54, 1.807) is 0 Å². The van der Waals surface area contributed by atoms with Gasteiger partial charge in [0.1, 0.15) is 5.82 Å². The van der Waals surface area contributed by atoms with Crippen LogP contribution in [0.15, 0.2) is 29.2 Å². The number of esters is 1. The average Bonchev–Trinajstić information content (AvgIpc) is 2.58. The molecule has 1 aromatic rings. The Hall–Kier alpha value is -2.00. The maximum absolute atomic E-state index is 13.0. The normalized spacial score (nSPS) is 16.7. The number of ether oxygens (including phenoxy) is 1. The number of nitrogens with zero attached hydrogens (tertiary/aromatic N) is 1. The first-order chi connectivity index (χ1) is 12.5. The second-order valence-corrected chi connectivity index (χ2v) is 9.48. The lowest BCUT2D eigenvalue weighted by Gasteiger charge is -2.30. The molecule has 2 rings (SSSR count). The third kappa shape index (κ3) is 6.00. The maximum atomic E-state index is 13.0. The smallest absolute Gasteiger partial charge is 0.309 e. The molecule has 0 radical (unpaired) electrons. The van der Waals surface area contributed by atoms with Gasteiger partial charge in [0, 0.05) is 18.6 Å². The lowest BCUT2D eigenvalue weighted by atomic mass is 9.98. The van der Waals surface area contributed by atoms with Gasteiger partial charge < -0.3 is 10.1 Å². The molecule has 0 atom stereocenters. The Morgan fingerprint density at radius 1 is 1.19 bits per heavy atom. The quantitative estimate of drug-likeness (QED) is 0.759. The van der Waals surface area contributed by atoms with Gasteiger partial charge in [-0.05, 0) is 57.9 Å². The second-order valence-electron chi connectivity index (χ2n) is 7.54.